The summed E-state index contributed by atoms with van der Waals surface area (Å²) in [6, 6.07) is 12.7. The molecule has 2 aromatic rings. The Labute approximate surface area is 99.3 Å². The number of nitrogen functional groups attached to an aromatic ring is 1. The van der Waals surface area contributed by atoms with Crippen LogP contribution in [0.4, 0.5) is 5.69 Å². The first-order valence-electron chi connectivity index (χ1n) is 4.97. The van der Waals surface area contributed by atoms with E-state index in [1.165, 1.54) is 0 Å². The van der Waals surface area contributed by atoms with Crippen molar-refractivity contribution in [1.82, 2.24) is 0 Å². The van der Waals surface area contributed by atoms with E-state index in [0.717, 1.165) is 11.1 Å². The van der Waals surface area contributed by atoms with Gasteiger partial charge in [-0.05, 0) is 35.7 Å². The maximum atomic E-state index is 9.36. The zero-order valence-corrected chi connectivity index (χ0v) is 9.41. The number of para-hydroxylation sites is 1. The van der Waals surface area contributed by atoms with Gasteiger partial charge in [0.15, 0.2) is 0 Å². The normalized spacial score (nSPS) is 10.3. The average molecular weight is 234 g/mol. The number of aromatic hydroxyl groups is 1. The van der Waals surface area contributed by atoms with Gasteiger partial charge in [-0.25, -0.2) is 0 Å². The fraction of sp³-hybridized carbons (Fsp3) is 0.0769. The molecule has 0 bridgehead atoms. The van der Waals surface area contributed by atoms with Crippen LogP contribution >= 0.6 is 11.6 Å². The van der Waals surface area contributed by atoms with Gasteiger partial charge in [-0.15, -0.1) is 0 Å². The summed E-state index contributed by atoms with van der Waals surface area (Å²) in [4.78, 5) is 0. The number of hydrogen-bond acceptors (Lipinski definition) is 2. The van der Waals surface area contributed by atoms with E-state index < -0.39 is 0 Å². The fourth-order valence-corrected chi connectivity index (χ4v) is 1.82. The summed E-state index contributed by atoms with van der Waals surface area (Å²) in [7, 11) is 0. The molecular formula is C13H12ClNO. The summed E-state index contributed by atoms with van der Waals surface area (Å²) in [5, 5.41) is 9.92. The van der Waals surface area contributed by atoms with Crippen LogP contribution in [0.2, 0.25) is 5.02 Å². The minimum Gasteiger partial charge on any atom is -0.508 e. The van der Waals surface area contributed by atoms with Crippen LogP contribution in [-0.2, 0) is 6.42 Å². The Kier molecular flexibility index (Phi) is 3.02. The molecule has 0 saturated heterocycles. The van der Waals surface area contributed by atoms with E-state index in [1.807, 2.05) is 24.3 Å². The molecule has 82 valence electrons. The number of halogens is 1. The Bertz CT molecular complexity index is 511. The predicted molar refractivity (Wildman–Crippen MR) is 66.8 cm³/mol. The summed E-state index contributed by atoms with van der Waals surface area (Å²) in [6.45, 7) is 0. The number of hydrogen-bond donors (Lipinski definition) is 2. The quantitative estimate of drug-likeness (QED) is 0.783. The van der Waals surface area contributed by atoms with Gasteiger partial charge in [-0.1, -0.05) is 35.9 Å². The molecule has 0 aliphatic rings. The molecule has 0 spiro atoms. The largest absolute Gasteiger partial charge is 0.508 e. The Balaban J connectivity index is 2.31. The van der Waals surface area contributed by atoms with Crippen molar-refractivity contribution in [3.63, 3.8) is 0 Å². The molecular weight excluding hydrogens is 222 g/mol. The standard InChI is InChI=1S/C13H12ClNO/c14-12-6-2-4-10(13(12)15)7-9-3-1-5-11(16)8-9/h1-6,8,16H,7,15H2. The molecule has 16 heavy (non-hydrogen) atoms. The second-order valence-corrected chi connectivity index (χ2v) is 4.07. The Hall–Kier alpha value is -1.67. The van der Waals surface area contributed by atoms with Crippen molar-refractivity contribution >= 4 is 17.3 Å². The number of rotatable bonds is 2. The number of anilines is 1. The van der Waals surface area contributed by atoms with Crippen LogP contribution in [0, 0.1) is 0 Å². The van der Waals surface area contributed by atoms with Crippen LogP contribution in [0.3, 0.4) is 0 Å². The van der Waals surface area contributed by atoms with Crippen LogP contribution in [0.5, 0.6) is 5.75 Å². The first-order chi connectivity index (χ1) is 7.66. The monoisotopic (exact) mass is 233 g/mol. The van der Waals surface area contributed by atoms with Crippen molar-refractivity contribution in [2.45, 2.75) is 6.42 Å². The molecule has 0 aliphatic carbocycles. The van der Waals surface area contributed by atoms with E-state index >= 15 is 0 Å². The number of benzene rings is 2. The third kappa shape index (κ3) is 2.28. The fourth-order valence-electron chi connectivity index (χ4n) is 1.62. The van der Waals surface area contributed by atoms with Gasteiger partial charge in [0, 0.05) is 0 Å². The van der Waals surface area contributed by atoms with E-state index in [4.69, 9.17) is 17.3 Å². The molecule has 3 heteroatoms. The lowest BCUT2D eigenvalue weighted by Gasteiger charge is -2.07. The molecule has 2 aromatic carbocycles. The minimum absolute atomic E-state index is 0.262. The molecule has 2 nitrogen and oxygen atoms in total. The molecule has 0 amide bonds. The highest BCUT2D eigenvalue weighted by Gasteiger charge is 2.04. The Morgan fingerprint density at radius 2 is 1.88 bits per heavy atom. The van der Waals surface area contributed by atoms with E-state index in [-0.39, 0.29) is 5.75 Å². The SMILES string of the molecule is Nc1c(Cl)cccc1Cc1cccc(O)c1. The highest BCUT2D eigenvalue weighted by atomic mass is 35.5. The topological polar surface area (TPSA) is 46.2 Å². The van der Waals surface area contributed by atoms with Crippen LogP contribution in [0.15, 0.2) is 42.5 Å². The van der Waals surface area contributed by atoms with Crippen LogP contribution < -0.4 is 5.73 Å². The molecule has 0 saturated carbocycles. The van der Waals surface area contributed by atoms with E-state index in [9.17, 15) is 5.11 Å². The maximum Gasteiger partial charge on any atom is 0.115 e. The second kappa shape index (κ2) is 4.45. The zero-order chi connectivity index (χ0) is 11.5. The third-order valence-electron chi connectivity index (χ3n) is 2.45. The molecule has 0 radical (unpaired) electrons. The molecule has 0 unspecified atom stereocenters. The predicted octanol–water partition coefficient (Wildman–Crippen LogP) is 3.22. The van der Waals surface area contributed by atoms with Gasteiger partial charge in [0.25, 0.3) is 0 Å². The minimum atomic E-state index is 0.262. The van der Waals surface area contributed by atoms with Crippen LogP contribution in [-0.4, -0.2) is 5.11 Å². The van der Waals surface area contributed by atoms with Gasteiger partial charge in [0.05, 0.1) is 10.7 Å². The van der Waals surface area contributed by atoms with E-state index in [2.05, 4.69) is 0 Å². The summed E-state index contributed by atoms with van der Waals surface area (Å²) in [5.74, 6) is 0.262. The van der Waals surface area contributed by atoms with Gasteiger partial charge in [-0.2, -0.15) is 0 Å². The first-order valence-corrected chi connectivity index (χ1v) is 5.35. The molecule has 0 heterocycles. The molecule has 0 aromatic heterocycles. The van der Waals surface area contributed by atoms with Crippen molar-refractivity contribution in [3.05, 3.63) is 58.6 Å². The second-order valence-electron chi connectivity index (χ2n) is 3.66. The maximum absolute atomic E-state index is 9.36. The lowest BCUT2D eigenvalue weighted by molar-refractivity contribution is 0.474. The Morgan fingerprint density at radius 1 is 1.12 bits per heavy atom. The van der Waals surface area contributed by atoms with Crippen molar-refractivity contribution in [2.24, 2.45) is 0 Å². The van der Waals surface area contributed by atoms with E-state index in [1.54, 1.807) is 18.2 Å². The van der Waals surface area contributed by atoms with Crippen LogP contribution in [0.25, 0.3) is 0 Å². The molecule has 2 rings (SSSR count). The molecule has 0 aliphatic heterocycles. The van der Waals surface area contributed by atoms with Crippen molar-refractivity contribution < 1.29 is 5.11 Å². The van der Waals surface area contributed by atoms with Gasteiger partial charge in [0.1, 0.15) is 5.75 Å². The Morgan fingerprint density at radius 3 is 2.62 bits per heavy atom. The summed E-state index contributed by atoms with van der Waals surface area (Å²) in [5.41, 5.74) is 8.46. The first kappa shape index (κ1) is 10.8. The smallest absolute Gasteiger partial charge is 0.115 e. The van der Waals surface area contributed by atoms with Gasteiger partial charge in [-0.3, -0.25) is 0 Å². The number of phenolic OH excluding ortho intramolecular Hbond substituents is 1. The van der Waals surface area contributed by atoms with Crippen molar-refractivity contribution in [1.29, 1.82) is 0 Å². The average Bonchev–Trinajstić information content (AvgIpc) is 2.25. The van der Waals surface area contributed by atoms with Crippen molar-refractivity contribution in [2.75, 3.05) is 5.73 Å². The lowest BCUT2D eigenvalue weighted by atomic mass is 10.0. The molecule has 0 fully saturated rings. The number of nitrogens with two attached hydrogens (primary N) is 1. The molecule has 3 N–H and O–H groups in total. The van der Waals surface area contributed by atoms with E-state index in [0.29, 0.717) is 17.1 Å². The summed E-state index contributed by atoms with van der Waals surface area (Å²) < 4.78 is 0. The van der Waals surface area contributed by atoms with Gasteiger partial charge >= 0.3 is 0 Å². The van der Waals surface area contributed by atoms with Gasteiger partial charge < -0.3 is 10.8 Å². The lowest BCUT2D eigenvalue weighted by Crippen LogP contribution is -1.96. The van der Waals surface area contributed by atoms with Crippen LogP contribution in [0.1, 0.15) is 11.1 Å². The van der Waals surface area contributed by atoms with Crippen molar-refractivity contribution in [3.8, 4) is 5.75 Å². The number of phenols is 1. The highest BCUT2D eigenvalue weighted by Crippen LogP contribution is 2.25. The highest BCUT2D eigenvalue weighted by molar-refractivity contribution is 6.33. The molecule has 0 atom stereocenters. The zero-order valence-electron chi connectivity index (χ0n) is 8.65. The third-order valence-corrected chi connectivity index (χ3v) is 2.78. The van der Waals surface area contributed by atoms with Gasteiger partial charge in [0.2, 0.25) is 0 Å². The summed E-state index contributed by atoms with van der Waals surface area (Å²) in [6.07, 6.45) is 0.667. The summed E-state index contributed by atoms with van der Waals surface area (Å²) >= 11 is 5.94.